The van der Waals surface area contributed by atoms with Crippen molar-refractivity contribution in [2.24, 2.45) is 7.05 Å². The van der Waals surface area contributed by atoms with E-state index in [-0.39, 0.29) is 5.91 Å². The fourth-order valence-corrected chi connectivity index (χ4v) is 3.52. The van der Waals surface area contributed by atoms with Crippen LogP contribution < -0.4 is 15.4 Å². The third-order valence-corrected chi connectivity index (χ3v) is 4.89. The van der Waals surface area contributed by atoms with E-state index < -0.39 is 6.04 Å². The van der Waals surface area contributed by atoms with Crippen molar-refractivity contribution in [3.05, 3.63) is 47.1 Å². The van der Waals surface area contributed by atoms with E-state index >= 15 is 0 Å². The molecule has 3 rings (SSSR count). The zero-order chi connectivity index (χ0) is 18.7. The molecule has 1 amide bonds. The van der Waals surface area contributed by atoms with Crippen molar-refractivity contribution in [3.63, 3.8) is 0 Å². The molecule has 0 fully saturated rings. The third-order valence-electron chi connectivity index (χ3n) is 4.00. The molecule has 0 saturated carbocycles. The smallest absolute Gasteiger partial charge is 0.247 e. The fourth-order valence-electron chi connectivity index (χ4n) is 2.68. The van der Waals surface area contributed by atoms with Gasteiger partial charge in [0.05, 0.1) is 19.0 Å². The maximum atomic E-state index is 12.6. The highest BCUT2D eigenvalue weighted by atomic mass is 32.1. The number of nitrogens with zero attached hydrogens (tertiary/aromatic N) is 3. The lowest BCUT2D eigenvalue weighted by molar-refractivity contribution is -0.118. The maximum absolute atomic E-state index is 12.6. The van der Waals surface area contributed by atoms with E-state index in [4.69, 9.17) is 4.74 Å². The Morgan fingerprint density at radius 2 is 2.04 bits per heavy atom. The lowest BCUT2D eigenvalue weighted by atomic mass is 10.1. The van der Waals surface area contributed by atoms with Gasteiger partial charge in [-0.05, 0) is 38.2 Å². The summed E-state index contributed by atoms with van der Waals surface area (Å²) < 4.78 is 6.86. The van der Waals surface area contributed by atoms with Crippen molar-refractivity contribution in [2.75, 3.05) is 19.5 Å². The molecule has 0 aliphatic heterocycles. The van der Waals surface area contributed by atoms with Crippen molar-refractivity contribution in [1.82, 2.24) is 20.1 Å². The zero-order valence-electron chi connectivity index (χ0n) is 15.1. The van der Waals surface area contributed by atoms with Gasteiger partial charge in [0.1, 0.15) is 11.8 Å². The average Bonchev–Trinajstić information content (AvgIpc) is 3.21. The molecule has 0 bridgehead atoms. The lowest BCUT2D eigenvalue weighted by Gasteiger charge is -2.12. The van der Waals surface area contributed by atoms with Crippen LogP contribution in [0.3, 0.4) is 0 Å². The summed E-state index contributed by atoms with van der Waals surface area (Å²) in [7, 11) is 5.20. The topological polar surface area (TPSA) is 81.1 Å². The Morgan fingerprint density at radius 1 is 1.31 bits per heavy atom. The van der Waals surface area contributed by atoms with Crippen LogP contribution in [0.4, 0.5) is 5.13 Å². The number of thiazole rings is 1. The minimum atomic E-state index is -0.489. The monoisotopic (exact) mass is 371 g/mol. The minimum Gasteiger partial charge on any atom is -0.497 e. The standard InChI is InChI=1S/C18H21N5O2S/c1-11-15(12-5-7-14(25-4)8-6-12)21-18(26-11)22-17(24)16(19-2)13-9-20-23(3)10-13/h5-10,16,19H,1-4H3,(H,21,22,24). The van der Waals surface area contributed by atoms with Gasteiger partial charge in [-0.1, -0.05) is 0 Å². The van der Waals surface area contributed by atoms with Crippen LogP contribution in [0.15, 0.2) is 36.7 Å². The summed E-state index contributed by atoms with van der Waals surface area (Å²) in [5, 5.41) is 10.6. The second-order valence-corrected chi connectivity index (χ2v) is 7.01. The van der Waals surface area contributed by atoms with Crippen LogP contribution in [0.25, 0.3) is 11.3 Å². The summed E-state index contributed by atoms with van der Waals surface area (Å²) in [5.74, 6) is 0.624. The maximum Gasteiger partial charge on any atom is 0.247 e. The number of aryl methyl sites for hydroxylation is 2. The second-order valence-electron chi connectivity index (χ2n) is 5.81. The van der Waals surface area contributed by atoms with Crippen molar-refractivity contribution < 1.29 is 9.53 Å². The van der Waals surface area contributed by atoms with E-state index in [1.165, 1.54) is 11.3 Å². The van der Waals surface area contributed by atoms with E-state index in [2.05, 4.69) is 20.7 Å². The lowest BCUT2D eigenvalue weighted by Crippen LogP contribution is -2.30. The number of rotatable bonds is 6. The second kappa shape index (κ2) is 7.67. The number of likely N-dealkylation sites (N-methyl/N-ethyl adjacent to an activating group) is 1. The number of carbonyl (C=O) groups excluding carboxylic acids is 1. The molecule has 2 N–H and O–H groups in total. The molecule has 7 nitrogen and oxygen atoms in total. The van der Waals surface area contributed by atoms with Gasteiger partial charge in [0.25, 0.3) is 0 Å². The number of amides is 1. The number of methoxy groups -OCH3 is 1. The molecule has 136 valence electrons. The first-order valence-corrected chi connectivity index (χ1v) is 8.92. The van der Waals surface area contributed by atoms with Crippen LogP contribution in [0.5, 0.6) is 5.75 Å². The molecule has 1 aromatic carbocycles. The summed E-state index contributed by atoms with van der Waals surface area (Å²) >= 11 is 1.45. The van der Waals surface area contributed by atoms with Crippen LogP contribution >= 0.6 is 11.3 Å². The normalized spacial score (nSPS) is 12.0. The van der Waals surface area contributed by atoms with Gasteiger partial charge >= 0.3 is 0 Å². The Hall–Kier alpha value is -2.71. The highest BCUT2D eigenvalue weighted by Gasteiger charge is 2.22. The first kappa shape index (κ1) is 18.1. The number of hydrogen-bond donors (Lipinski definition) is 2. The van der Waals surface area contributed by atoms with Gasteiger partial charge < -0.3 is 15.4 Å². The summed E-state index contributed by atoms with van der Waals surface area (Å²) in [5.41, 5.74) is 2.64. The molecule has 0 aliphatic carbocycles. The zero-order valence-corrected chi connectivity index (χ0v) is 15.9. The summed E-state index contributed by atoms with van der Waals surface area (Å²) in [6.07, 6.45) is 3.49. The van der Waals surface area contributed by atoms with Gasteiger partial charge in [0, 0.05) is 29.2 Å². The highest BCUT2D eigenvalue weighted by molar-refractivity contribution is 7.16. The van der Waals surface area contributed by atoms with Gasteiger partial charge in [-0.2, -0.15) is 5.10 Å². The quantitative estimate of drug-likeness (QED) is 0.696. The van der Waals surface area contributed by atoms with E-state index in [0.717, 1.165) is 27.4 Å². The minimum absolute atomic E-state index is 0.171. The van der Waals surface area contributed by atoms with Crippen molar-refractivity contribution in [2.45, 2.75) is 13.0 Å². The Morgan fingerprint density at radius 3 is 2.62 bits per heavy atom. The molecule has 1 unspecified atom stereocenters. The number of benzene rings is 1. The molecule has 2 heterocycles. The SMILES string of the molecule is CNC(C(=O)Nc1nc(-c2ccc(OC)cc2)c(C)s1)c1cnn(C)c1. The van der Waals surface area contributed by atoms with Gasteiger partial charge in [-0.3, -0.25) is 9.48 Å². The van der Waals surface area contributed by atoms with Gasteiger partial charge in [0.15, 0.2) is 5.13 Å². The van der Waals surface area contributed by atoms with Crippen LogP contribution in [-0.2, 0) is 11.8 Å². The van der Waals surface area contributed by atoms with Crippen molar-refractivity contribution in [3.8, 4) is 17.0 Å². The number of aromatic nitrogens is 3. The van der Waals surface area contributed by atoms with Crippen LogP contribution in [-0.4, -0.2) is 34.8 Å². The van der Waals surface area contributed by atoms with E-state index in [9.17, 15) is 4.79 Å². The Bertz CT molecular complexity index is 901. The largest absolute Gasteiger partial charge is 0.497 e. The first-order chi connectivity index (χ1) is 12.5. The molecule has 26 heavy (non-hydrogen) atoms. The highest BCUT2D eigenvalue weighted by Crippen LogP contribution is 2.31. The number of carbonyl (C=O) groups is 1. The fraction of sp³-hybridized carbons (Fsp3) is 0.278. The molecule has 0 saturated heterocycles. The predicted octanol–water partition coefficient (Wildman–Crippen LogP) is 2.76. The predicted molar refractivity (Wildman–Crippen MR) is 102 cm³/mol. The van der Waals surface area contributed by atoms with E-state index in [1.54, 1.807) is 25.0 Å². The van der Waals surface area contributed by atoms with E-state index in [1.807, 2.05) is 44.4 Å². The molecular formula is C18H21N5O2S. The van der Waals surface area contributed by atoms with Crippen LogP contribution in [0.2, 0.25) is 0 Å². The average molecular weight is 371 g/mol. The summed E-state index contributed by atoms with van der Waals surface area (Å²) in [6, 6.07) is 7.21. The molecular weight excluding hydrogens is 350 g/mol. The molecule has 0 aliphatic rings. The first-order valence-electron chi connectivity index (χ1n) is 8.10. The Labute approximate surface area is 156 Å². The number of anilines is 1. The van der Waals surface area contributed by atoms with Gasteiger partial charge in [-0.15, -0.1) is 11.3 Å². The summed E-state index contributed by atoms with van der Waals surface area (Å²) in [4.78, 5) is 18.3. The van der Waals surface area contributed by atoms with Gasteiger partial charge in [-0.25, -0.2) is 4.98 Å². The molecule has 0 radical (unpaired) electrons. The van der Waals surface area contributed by atoms with E-state index in [0.29, 0.717) is 5.13 Å². The number of hydrogen-bond acceptors (Lipinski definition) is 6. The summed E-state index contributed by atoms with van der Waals surface area (Å²) in [6.45, 7) is 1.99. The van der Waals surface area contributed by atoms with Crippen molar-refractivity contribution >= 4 is 22.4 Å². The molecule has 8 heteroatoms. The molecule has 3 aromatic rings. The Kier molecular flexibility index (Phi) is 5.34. The molecule has 1 atom stereocenters. The van der Waals surface area contributed by atoms with Gasteiger partial charge in [0.2, 0.25) is 5.91 Å². The number of nitrogens with one attached hydrogen (secondary N) is 2. The third kappa shape index (κ3) is 3.76. The molecule has 0 spiro atoms. The number of ether oxygens (including phenoxy) is 1. The van der Waals surface area contributed by atoms with Crippen LogP contribution in [0, 0.1) is 6.92 Å². The Balaban J connectivity index is 1.78. The van der Waals surface area contributed by atoms with Crippen molar-refractivity contribution in [1.29, 1.82) is 0 Å². The molecule has 2 aromatic heterocycles. The van der Waals surface area contributed by atoms with Crippen LogP contribution in [0.1, 0.15) is 16.5 Å².